The summed E-state index contributed by atoms with van der Waals surface area (Å²) in [7, 11) is 0. The maximum atomic E-state index is 12.9. The number of thiophene rings is 1. The monoisotopic (exact) mass is 310 g/mol. The van der Waals surface area contributed by atoms with Crippen molar-refractivity contribution in [3.05, 3.63) is 63.0 Å². The summed E-state index contributed by atoms with van der Waals surface area (Å²) in [4.78, 5) is 19.7. The van der Waals surface area contributed by atoms with Crippen molar-refractivity contribution in [2.45, 2.75) is 32.7 Å². The molecule has 0 saturated carbocycles. The van der Waals surface area contributed by atoms with Gasteiger partial charge in [0.05, 0.1) is 18.3 Å². The Kier molecular flexibility index (Phi) is 3.34. The lowest BCUT2D eigenvalue weighted by Gasteiger charge is -2.17. The second kappa shape index (κ2) is 5.36. The fourth-order valence-corrected chi connectivity index (χ4v) is 4.60. The summed E-state index contributed by atoms with van der Waals surface area (Å²) < 4.78 is 1.74. The predicted molar refractivity (Wildman–Crippen MR) is 90.6 cm³/mol. The number of nitrogens with zero attached hydrogens (tertiary/aromatic N) is 2. The van der Waals surface area contributed by atoms with Gasteiger partial charge in [-0.2, -0.15) is 0 Å². The van der Waals surface area contributed by atoms with Gasteiger partial charge in [0.15, 0.2) is 0 Å². The molecule has 0 aliphatic heterocycles. The van der Waals surface area contributed by atoms with Crippen LogP contribution in [0.3, 0.4) is 0 Å². The number of fused-ring (bicyclic) bond motifs is 3. The molecule has 0 radical (unpaired) electrons. The fourth-order valence-electron chi connectivity index (χ4n) is 3.26. The zero-order valence-electron chi connectivity index (χ0n) is 12.6. The lowest BCUT2D eigenvalue weighted by Crippen LogP contribution is -2.22. The summed E-state index contributed by atoms with van der Waals surface area (Å²) in [5, 5.41) is 0.866. The summed E-state index contributed by atoms with van der Waals surface area (Å²) in [6, 6.07) is 10.1. The van der Waals surface area contributed by atoms with E-state index in [4.69, 9.17) is 0 Å². The molecule has 3 nitrogen and oxygen atoms in total. The second-order valence-electron chi connectivity index (χ2n) is 6.20. The Bertz CT molecular complexity index is 879. The predicted octanol–water partition coefficient (Wildman–Crippen LogP) is 3.63. The molecule has 1 aliphatic carbocycles. The lowest BCUT2D eigenvalue weighted by molar-refractivity contribution is 0.509. The molecule has 0 unspecified atom stereocenters. The van der Waals surface area contributed by atoms with E-state index in [1.807, 2.05) is 30.3 Å². The molecule has 4 heteroatoms. The molecule has 2 aromatic heterocycles. The van der Waals surface area contributed by atoms with Crippen molar-refractivity contribution >= 4 is 21.6 Å². The molecule has 1 aromatic carbocycles. The average molecular weight is 310 g/mol. The lowest BCUT2D eigenvalue weighted by atomic mass is 9.89. The molecule has 3 aromatic rings. The highest BCUT2D eigenvalue weighted by molar-refractivity contribution is 7.18. The fraction of sp³-hybridized carbons (Fsp3) is 0.333. The van der Waals surface area contributed by atoms with Crippen LogP contribution in [0.4, 0.5) is 0 Å². The van der Waals surface area contributed by atoms with E-state index in [0.717, 1.165) is 28.6 Å². The van der Waals surface area contributed by atoms with Crippen molar-refractivity contribution in [1.82, 2.24) is 9.55 Å². The Hall–Kier alpha value is -1.94. The van der Waals surface area contributed by atoms with Gasteiger partial charge >= 0.3 is 0 Å². The average Bonchev–Trinajstić information content (AvgIpc) is 2.89. The Balaban J connectivity index is 1.82. The molecule has 112 valence electrons. The smallest absolute Gasteiger partial charge is 0.262 e. The molecular formula is C18H18N2OS. The highest BCUT2D eigenvalue weighted by Gasteiger charge is 2.23. The van der Waals surface area contributed by atoms with E-state index in [9.17, 15) is 4.79 Å². The second-order valence-corrected chi connectivity index (χ2v) is 7.28. The van der Waals surface area contributed by atoms with Gasteiger partial charge in [0, 0.05) is 4.88 Å². The van der Waals surface area contributed by atoms with Crippen LogP contribution < -0.4 is 5.56 Å². The minimum atomic E-state index is 0.112. The summed E-state index contributed by atoms with van der Waals surface area (Å²) in [5.74, 6) is 0.715. The number of benzene rings is 1. The normalized spacial score (nSPS) is 17.6. The van der Waals surface area contributed by atoms with Gasteiger partial charge in [-0.1, -0.05) is 37.3 Å². The van der Waals surface area contributed by atoms with Gasteiger partial charge < -0.3 is 0 Å². The molecule has 0 amide bonds. The van der Waals surface area contributed by atoms with E-state index in [1.165, 1.54) is 16.9 Å². The van der Waals surface area contributed by atoms with Crippen LogP contribution in [0.15, 0.2) is 41.5 Å². The Morgan fingerprint density at radius 3 is 2.95 bits per heavy atom. The number of hydrogen-bond acceptors (Lipinski definition) is 3. The maximum absolute atomic E-state index is 12.9. The van der Waals surface area contributed by atoms with Crippen molar-refractivity contribution in [2.24, 2.45) is 5.92 Å². The van der Waals surface area contributed by atoms with Crippen LogP contribution in [-0.4, -0.2) is 9.55 Å². The van der Waals surface area contributed by atoms with Gasteiger partial charge in [0.25, 0.3) is 5.56 Å². The third-order valence-electron chi connectivity index (χ3n) is 4.48. The number of hydrogen-bond donors (Lipinski definition) is 0. The Morgan fingerprint density at radius 2 is 2.14 bits per heavy atom. The van der Waals surface area contributed by atoms with Crippen molar-refractivity contribution in [1.29, 1.82) is 0 Å². The summed E-state index contributed by atoms with van der Waals surface area (Å²) in [6.45, 7) is 2.87. The van der Waals surface area contributed by atoms with Gasteiger partial charge in [-0.15, -0.1) is 11.3 Å². The van der Waals surface area contributed by atoms with E-state index in [2.05, 4.69) is 11.9 Å². The van der Waals surface area contributed by atoms with E-state index in [0.29, 0.717) is 12.5 Å². The molecular weight excluding hydrogens is 292 g/mol. The van der Waals surface area contributed by atoms with Gasteiger partial charge in [0.1, 0.15) is 4.83 Å². The number of rotatable bonds is 2. The highest BCUT2D eigenvalue weighted by Crippen LogP contribution is 2.35. The van der Waals surface area contributed by atoms with Crippen LogP contribution in [0, 0.1) is 5.92 Å². The summed E-state index contributed by atoms with van der Waals surface area (Å²) in [5.41, 5.74) is 2.50. The van der Waals surface area contributed by atoms with Crippen LogP contribution in [0.25, 0.3) is 10.2 Å². The first-order valence-corrected chi connectivity index (χ1v) is 8.57. The molecule has 2 heterocycles. The minimum absolute atomic E-state index is 0.112. The van der Waals surface area contributed by atoms with E-state index in [1.54, 1.807) is 22.2 Å². The van der Waals surface area contributed by atoms with Crippen molar-refractivity contribution in [3.8, 4) is 0 Å². The molecule has 0 spiro atoms. The van der Waals surface area contributed by atoms with Crippen LogP contribution in [0.1, 0.15) is 29.3 Å². The van der Waals surface area contributed by atoms with E-state index < -0.39 is 0 Å². The zero-order valence-corrected chi connectivity index (χ0v) is 13.4. The zero-order chi connectivity index (χ0) is 15.1. The quantitative estimate of drug-likeness (QED) is 0.724. The Labute approximate surface area is 133 Å². The van der Waals surface area contributed by atoms with E-state index in [-0.39, 0.29) is 5.56 Å². The molecule has 1 aliphatic rings. The maximum Gasteiger partial charge on any atom is 0.262 e. The topological polar surface area (TPSA) is 34.9 Å². The van der Waals surface area contributed by atoms with Crippen LogP contribution >= 0.6 is 11.3 Å². The van der Waals surface area contributed by atoms with Crippen LogP contribution in [0.5, 0.6) is 0 Å². The first-order valence-electron chi connectivity index (χ1n) is 7.76. The van der Waals surface area contributed by atoms with Crippen LogP contribution in [-0.2, 0) is 19.4 Å². The molecule has 0 bridgehead atoms. The molecule has 22 heavy (non-hydrogen) atoms. The molecule has 0 fully saturated rings. The van der Waals surface area contributed by atoms with Crippen molar-refractivity contribution < 1.29 is 0 Å². The SMILES string of the molecule is C[C@H]1CCc2c(sc3ncn(Cc4ccccc4)c(=O)c23)C1. The number of aromatic nitrogens is 2. The van der Waals surface area contributed by atoms with Crippen LogP contribution in [0.2, 0.25) is 0 Å². The third kappa shape index (κ3) is 2.28. The highest BCUT2D eigenvalue weighted by atomic mass is 32.1. The minimum Gasteiger partial charge on any atom is -0.294 e. The van der Waals surface area contributed by atoms with Gasteiger partial charge in [-0.25, -0.2) is 4.98 Å². The van der Waals surface area contributed by atoms with Crippen molar-refractivity contribution in [2.75, 3.05) is 0 Å². The molecule has 1 atom stereocenters. The van der Waals surface area contributed by atoms with Crippen molar-refractivity contribution in [3.63, 3.8) is 0 Å². The van der Waals surface area contributed by atoms with Gasteiger partial charge in [0.2, 0.25) is 0 Å². The Morgan fingerprint density at radius 1 is 1.32 bits per heavy atom. The summed E-state index contributed by atoms with van der Waals surface area (Å²) in [6.07, 6.45) is 4.98. The summed E-state index contributed by atoms with van der Waals surface area (Å²) >= 11 is 1.71. The molecule has 4 rings (SSSR count). The van der Waals surface area contributed by atoms with E-state index >= 15 is 0 Å². The van der Waals surface area contributed by atoms with Gasteiger partial charge in [-0.3, -0.25) is 9.36 Å². The molecule has 0 N–H and O–H groups in total. The third-order valence-corrected chi connectivity index (χ3v) is 5.64. The standard InChI is InChI=1S/C18H18N2OS/c1-12-7-8-14-15(9-12)22-17-16(14)18(21)20(11-19-17)10-13-5-3-2-4-6-13/h2-6,11-12H,7-10H2,1H3/t12-/m0/s1. The first kappa shape index (κ1) is 13.7. The first-order chi connectivity index (χ1) is 10.7. The number of aryl methyl sites for hydroxylation is 1. The molecule has 0 saturated heterocycles. The largest absolute Gasteiger partial charge is 0.294 e. The van der Waals surface area contributed by atoms with Gasteiger partial charge in [-0.05, 0) is 36.3 Å².